The summed E-state index contributed by atoms with van der Waals surface area (Å²) in [4.78, 5) is 24.7. The molecular formula is C15H16ClNO5. The predicted molar refractivity (Wildman–Crippen MR) is 81.4 cm³/mol. The van der Waals surface area contributed by atoms with Gasteiger partial charge in [0.25, 0.3) is 5.91 Å². The number of benzene rings is 1. The summed E-state index contributed by atoms with van der Waals surface area (Å²) in [5.74, 6) is -1.50. The van der Waals surface area contributed by atoms with Crippen LogP contribution in [0.4, 0.5) is 0 Å². The fraction of sp³-hybridized carbons (Fsp3) is 0.333. The second-order valence-corrected chi connectivity index (χ2v) is 5.19. The number of carboxylic acid groups (broad SMARTS) is 1. The summed E-state index contributed by atoms with van der Waals surface area (Å²) in [5.41, 5.74) is 1.06. The molecule has 2 aromatic rings. The van der Waals surface area contributed by atoms with E-state index in [9.17, 15) is 9.59 Å². The lowest BCUT2D eigenvalue weighted by molar-refractivity contribution is -0.137. The van der Waals surface area contributed by atoms with Crippen molar-refractivity contribution in [3.8, 4) is 0 Å². The molecule has 0 saturated heterocycles. The van der Waals surface area contributed by atoms with E-state index < -0.39 is 18.4 Å². The van der Waals surface area contributed by atoms with Crippen molar-refractivity contribution in [2.24, 2.45) is 0 Å². The smallest absolute Gasteiger partial charge is 0.323 e. The van der Waals surface area contributed by atoms with Gasteiger partial charge in [-0.25, -0.2) is 0 Å². The topological polar surface area (TPSA) is 80.0 Å². The zero-order valence-corrected chi connectivity index (χ0v) is 13.0. The number of amides is 1. The number of furan rings is 1. The van der Waals surface area contributed by atoms with Gasteiger partial charge in [-0.15, -0.1) is 0 Å². The third kappa shape index (κ3) is 3.23. The maximum Gasteiger partial charge on any atom is 0.323 e. The molecule has 0 bridgehead atoms. The summed E-state index contributed by atoms with van der Waals surface area (Å²) in [5, 5.41) is 10.1. The molecule has 0 unspecified atom stereocenters. The van der Waals surface area contributed by atoms with E-state index >= 15 is 0 Å². The Morgan fingerprint density at radius 2 is 2.14 bits per heavy atom. The minimum Gasteiger partial charge on any atom is -0.480 e. The largest absolute Gasteiger partial charge is 0.480 e. The molecule has 0 radical (unpaired) electrons. The van der Waals surface area contributed by atoms with Gasteiger partial charge in [0.15, 0.2) is 11.3 Å². The predicted octanol–water partition coefficient (Wildman–Crippen LogP) is 2.57. The summed E-state index contributed by atoms with van der Waals surface area (Å²) in [7, 11) is 1.48. The van der Waals surface area contributed by atoms with Crippen molar-refractivity contribution >= 4 is 34.4 Å². The Bertz CT molecular complexity index is 709. The molecule has 0 aliphatic rings. The van der Waals surface area contributed by atoms with E-state index in [-0.39, 0.29) is 18.9 Å². The highest BCUT2D eigenvalue weighted by molar-refractivity contribution is 6.35. The van der Waals surface area contributed by atoms with E-state index in [2.05, 4.69) is 0 Å². The van der Waals surface area contributed by atoms with Crippen LogP contribution >= 0.6 is 11.6 Å². The van der Waals surface area contributed by atoms with Crippen LogP contribution in [0.5, 0.6) is 0 Å². The molecule has 2 rings (SSSR count). The van der Waals surface area contributed by atoms with Crippen molar-refractivity contribution in [3.05, 3.63) is 34.5 Å². The van der Waals surface area contributed by atoms with Gasteiger partial charge >= 0.3 is 5.97 Å². The lowest BCUT2D eigenvalue weighted by Gasteiger charge is -2.19. The van der Waals surface area contributed by atoms with Crippen LogP contribution in [0.25, 0.3) is 11.0 Å². The van der Waals surface area contributed by atoms with Gasteiger partial charge in [-0.3, -0.25) is 9.59 Å². The Kier molecular flexibility index (Phi) is 5.05. The molecule has 1 heterocycles. The number of para-hydroxylation sites is 1. The Morgan fingerprint density at radius 3 is 2.73 bits per heavy atom. The Hall–Kier alpha value is -2.05. The van der Waals surface area contributed by atoms with E-state index in [4.69, 9.17) is 25.9 Å². The molecule has 118 valence electrons. The molecule has 0 fully saturated rings. The number of hydrogen-bond acceptors (Lipinski definition) is 4. The lowest BCUT2D eigenvalue weighted by atomic mass is 10.1. The fourth-order valence-corrected chi connectivity index (χ4v) is 2.39. The maximum atomic E-state index is 12.6. The Balaban J connectivity index is 2.39. The summed E-state index contributed by atoms with van der Waals surface area (Å²) in [6.45, 7) is 1.71. The molecule has 1 N–H and O–H groups in total. The molecular weight excluding hydrogens is 310 g/mol. The van der Waals surface area contributed by atoms with E-state index in [1.807, 2.05) is 0 Å². The number of hydrogen-bond donors (Lipinski definition) is 1. The first-order valence-corrected chi connectivity index (χ1v) is 7.01. The standard InChI is InChI=1S/C15H16ClNO5/c1-9-10-4-3-5-11(16)14(10)22-13(9)15(20)17(6-7-21-2)8-12(18)19/h3-5H,6-8H2,1-2H3,(H,18,19). The van der Waals surface area contributed by atoms with Crippen molar-refractivity contribution in [2.75, 3.05) is 26.8 Å². The number of carbonyl (C=O) groups is 2. The number of fused-ring (bicyclic) bond motifs is 1. The number of methoxy groups -OCH3 is 1. The first kappa shape index (κ1) is 16.3. The SMILES string of the molecule is COCCN(CC(=O)O)C(=O)c1oc2c(Cl)cccc2c1C. The Morgan fingerprint density at radius 1 is 1.41 bits per heavy atom. The number of rotatable bonds is 6. The number of halogens is 1. The van der Waals surface area contributed by atoms with E-state index in [1.165, 1.54) is 12.0 Å². The molecule has 0 saturated carbocycles. The van der Waals surface area contributed by atoms with Crippen molar-refractivity contribution in [1.82, 2.24) is 4.90 Å². The number of carboxylic acids is 1. The van der Waals surface area contributed by atoms with Crippen LogP contribution < -0.4 is 0 Å². The number of aryl methyl sites for hydroxylation is 1. The monoisotopic (exact) mass is 325 g/mol. The maximum absolute atomic E-state index is 12.6. The number of nitrogens with zero attached hydrogens (tertiary/aromatic N) is 1. The summed E-state index contributed by atoms with van der Waals surface area (Å²) >= 11 is 6.06. The average molecular weight is 326 g/mol. The third-order valence-electron chi connectivity index (χ3n) is 3.29. The normalized spacial score (nSPS) is 10.9. The molecule has 0 aliphatic carbocycles. The van der Waals surface area contributed by atoms with Crippen LogP contribution in [-0.2, 0) is 9.53 Å². The summed E-state index contributed by atoms with van der Waals surface area (Å²) in [6.07, 6.45) is 0. The fourth-order valence-electron chi connectivity index (χ4n) is 2.17. The van der Waals surface area contributed by atoms with E-state index in [1.54, 1.807) is 25.1 Å². The average Bonchev–Trinajstić information content (AvgIpc) is 2.81. The quantitative estimate of drug-likeness (QED) is 0.883. The lowest BCUT2D eigenvalue weighted by Crippen LogP contribution is -2.38. The second kappa shape index (κ2) is 6.81. The molecule has 1 amide bonds. The minimum absolute atomic E-state index is 0.0976. The van der Waals surface area contributed by atoms with Crippen LogP contribution in [0, 0.1) is 6.92 Å². The van der Waals surface area contributed by atoms with Gasteiger partial charge < -0.3 is 19.2 Å². The van der Waals surface area contributed by atoms with Crippen LogP contribution in [0.2, 0.25) is 5.02 Å². The zero-order valence-electron chi connectivity index (χ0n) is 12.3. The van der Waals surface area contributed by atoms with Crippen molar-refractivity contribution < 1.29 is 23.8 Å². The zero-order chi connectivity index (χ0) is 16.3. The summed E-state index contributed by atoms with van der Waals surface area (Å²) < 4.78 is 10.5. The van der Waals surface area contributed by atoms with Gasteiger partial charge in [0.2, 0.25) is 0 Å². The molecule has 7 heteroatoms. The van der Waals surface area contributed by atoms with Gasteiger partial charge in [-0.05, 0) is 13.0 Å². The highest BCUT2D eigenvalue weighted by Gasteiger charge is 2.25. The molecule has 6 nitrogen and oxygen atoms in total. The van der Waals surface area contributed by atoms with Crippen molar-refractivity contribution in [1.29, 1.82) is 0 Å². The second-order valence-electron chi connectivity index (χ2n) is 4.79. The molecule has 1 aromatic heterocycles. The highest BCUT2D eigenvalue weighted by atomic mass is 35.5. The third-order valence-corrected chi connectivity index (χ3v) is 3.59. The number of carbonyl (C=O) groups excluding carboxylic acids is 1. The number of ether oxygens (including phenoxy) is 1. The first-order valence-electron chi connectivity index (χ1n) is 6.63. The highest BCUT2D eigenvalue weighted by Crippen LogP contribution is 2.31. The van der Waals surface area contributed by atoms with Crippen LogP contribution in [0.15, 0.2) is 22.6 Å². The van der Waals surface area contributed by atoms with Crippen LogP contribution in [0.3, 0.4) is 0 Å². The molecule has 0 spiro atoms. The van der Waals surface area contributed by atoms with Crippen molar-refractivity contribution in [2.45, 2.75) is 6.92 Å². The molecule has 0 aliphatic heterocycles. The summed E-state index contributed by atoms with van der Waals surface area (Å²) in [6, 6.07) is 5.23. The molecule has 1 aromatic carbocycles. The van der Waals surface area contributed by atoms with Crippen LogP contribution in [0.1, 0.15) is 16.1 Å². The van der Waals surface area contributed by atoms with Gasteiger partial charge in [0.05, 0.1) is 11.6 Å². The van der Waals surface area contributed by atoms with Gasteiger partial charge in [0, 0.05) is 24.6 Å². The van der Waals surface area contributed by atoms with E-state index in [0.29, 0.717) is 16.2 Å². The van der Waals surface area contributed by atoms with Crippen LogP contribution in [-0.4, -0.2) is 48.7 Å². The molecule has 0 atom stereocenters. The van der Waals surface area contributed by atoms with Crippen molar-refractivity contribution in [3.63, 3.8) is 0 Å². The first-order chi connectivity index (χ1) is 10.5. The van der Waals surface area contributed by atoms with Gasteiger partial charge in [0.1, 0.15) is 6.54 Å². The van der Waals surface area contributed by atoms with Gasteiger partial charge in [-0.2, -0.15) is 0 Å². The number of aliphatic carboxylic acids is 1. The Labute approximate surface area is 132 Å². The van der Waals surface area contributed by atoms with Gasteiger partial charge in [-0.1, -0.05) is 23.7 Å². The molecule has 22 heavy (non-hydrogen) atoms. The van der Waals surface area contributed by atoms with E-state index in [0.717, 1.165) is 5.39 Å². The minimum atomic E-state index is -1.10.